The third-order valence-corrected chi connectivity index (χ3v) is 3.86. The van der Waals surface area contributed by atoms with Crippen LogP contribution >= 0.6 is 15.9 Å². The van der Waals surface area contributed by atoms with Crippen LogP contribution in [0.2, 0.25) is 0 Å². The second kappa shape index (κ2) is 6.91. The van der Waals surface area contributed by atoms with Gasteiger partial charge < -0.3 is 10.1 Å². The van der Waals surface area contributed by atoms with Gasteiger partial charge in [-0.1, -0.05) is 30.3 Å². The topological polar surface area (TPSA) is 68.3 Å². The molecule has 1 saturated carbocycles. The maximum absolute atomic E-state index is 12.4. The highest BCUT2D eigenvalue weighted by atomic mass is 79.9. The number of halogens is 1. The van der Waals surface area contributed by atoms with Crippen molar-refractivity contribution in [3.05, 3.63) is 64.4 Å². The highest BCUT2D eigenvalue weighted by Gasteiger charge is 2.31. The third-order valence-electron chi connectivity index (χ3n) is 3.43. The minimum absolute atomic E-state index is 0.194. The largest absolute Gasteiger partial charge is 0.444 e. The molecule has 6 heteroatoms. The Morgan fingerprint density at radius 3 is 2.61 bits per heavy atom. The SMILES string of the molecule is O=C(O[C@H](C(=O)NC1CC1)c1ccccc1)c1cncc(Br)c1. The summed E-state index contributed by atoms with van der Waals surface area (Å²) in [5, 5.41) is 2.88. The Labute approximate surface area is 142 Å². The number of hydrogen-bond acceptors (Lipinski definition) is 4. The van der Waals surface area contributed by atoms with Crippen molar-refractivity contribution < 1.29 is 14.3 Å². The molecule has 1 fully saturated rings. The number of rotatable bonds is 5. The zero-order valence-corrected chi connectivity index (χ0v) is 13.8. The van der Waals surface area contributed by atoms with Gasteiger partial charge in [0.25, 0.3) is 5.91 Å². The second-order valence-corrected chi connectivity index (χ2v) is 6.29. The lowest BCUT2D eigenvalue weighted by atomic mass is 10.1. The highest BCUT2D eigenvalue weighted by Crippen LogP contribution is 2.24. The molecule has 1 heterocycles. The molecule has 1 aliphatic rings. The van der Waals surface area contributed by atoms with E-state index in [0.717, 1.165) is 12.8 Å². The first-order valence-corrected chi connectivity index (χ1v) is 8.09. The summed E-state index contributed by atoms with van der Waals surface area (Å²) in [5.41, 5.74) is 0.932. The normalized spacial score (nSPS) is 14.8. The Morgan fingerprint density at radius 2 is 1.96 bits per heavy atom. The molecule has 5 nitrogen and oxygen atoms in total. The van der Waals surface area contributed by atoms with Crippen molar-refractivity contribution in [3.63, 3.8) is 0 Å². The van der Waals surface area contributed by atoms with Crippen molar-refractivity contribution >= 4 is 27.8 Å². The lowest BCUT2D eigenvalue weighted by Crippen LogP contribution is -2.33. The number of nitrogens with one attached hydrogen (secondary N) is 1. The lowest BCUT2D eigenvalue weighted by Gasteiger charge is -2.18. The van der Waals surface area contributed by atoms with Gasteiger partial charge in [0.1, 0.15) is 0 Å². The summed E-state index contributed by atoms with van der Waals surface area (Å²) >= 11 is 3.26. The molecule has 23 heavy (non-hydrogen) atoms. The van der Waals surface area contributed by atoms with E-state index in [1.54, 1.807) is 36.5 Å². The molecule has 1 aromatic carbocycles. The van der Waals surface area contributed by atoms with Gasteiger partial charge in [0.2, 0.25) is 6.10 Å². The molecule has 3 rings (SSSR count). The predicted octanol–water partition coefficient (Wildman–Crippen LogP) is 3.02. The van der Waals surface area contributed by atoms with E-state index in [9.17, 15) is 9.59 Å². The van der Waals surface area contributed by atoms with E-state index in [4.69, 9.17) is 4.74 Å². The van der Waals surface area contributed by atoms with E-state index in [0.29, 0.717) is 15.6 Å². The van der Waals surface area contributed by atoms with Crippen molar-refractivity contribution in [1.29, 1.82) is 0 Å². The molecule has 1 atom stereocenters. The Kier molecular flexibility index (Phi) is 4.71. The maximum Gasteiger partial charge on any atom is 0.340 e. The number of pyridine rings is 1. The van der Waals surface area contributed by atoms with Crippen LogP contribution in [-0.2, 0) is 9.53 Å². The first-order valence-electron chi connectivity index (χ1n) is 7.30. The van der Waals surface area contributed by atoms with Gasteiger partial charge in [-0.25, -0.2) is 4.79 Å². The van der Waals surface area contributed by atoms with Crippen LogP contribution in [0.15, 0.2) is 53.3 Å². The van der Waals surface area contributed by atoms with Crippen LogP contribution in [0.3, 0.4) is 0 Å². The predicted molar refractivity (Wildman–Crippen MR) is 87.7 cm³/mol. The van der Waals surface area contributed by atoms with Gasteiger partial charge in [-0.2, -0.15) is 0 Å². The van der Waals surface area contributed by atoms with Gasteiger partial charge in [0, 0.05) is 28.5 Å². The monoisotopic (exact) mass is 374 g/mol. The number of hydrogen-bond donors (Lipinski definition) is 1. The fourth-order valence-electron chi connectivity index (χ4n) is 2.10. The summed E-state index contributed by atoms with van der Waals surface area (Å²) in [6, 6.07) is 10.8. The highest BCUT2D eigenvalue weighted by molar-refractivity contribution is 9.10. The summed E-state index contributed by atoms with van der Waals surface area (Å²) in [5.74, 6) is -0.881. The molecular weight excluding hydrogens is 360 g/mol. The minimum Gasteiger partial charge on any atom is -0.444 e. The Morgan fingerprint density at radius 1 is 1.22 bits per heavy atom. The molecule has 118 valence electrons. The van der Waals surface area contributed by atoms with Gasteiger partial charge in [-0.15, -0.1) is 0 Å². The van der Waals surface area contributed by atoms with Gasteiger partial charge in [-0.05, 0) is 34.8 Å². The summed E-state index contributed by atoms with van der Waals surface area (Å²) in [6.45, 7) is 0. The molecule has 2 aromatic rings. The van der Waals surface area contributed by atoms with E-state index in [-0.39, 0.29) is 11.9 Å². The maximum atomic E-state index is 12.4. The van der Waals surface area contributed by atoms with Crippen LogP contribution in [0.25, 0.3) is 0 Å². The molecule has 0 radical (unpaired) electrons. The second-order valence-electron chi connectivity index (χ2n) is 5.37. The summed E-state index contributed by atoms with van der Waals surface area (Å²) in [4.78, 5) is 28.7. The number of esters is 1. The average molecular weight is 375 g/mol. The first-order chi connectivity index (χ1) is 11.1. The van der Waals surface area contributed by atoms with Crippen LogP contribution in [0.5, 0.6) is 0 Å². The molecule has 0 spiro atoms. The Bertz CT molecular complexity index is 717. The van der Waals surface area contributed by atoms with Crippen LogP contribution in [0.1, 0.15) is 34.9 Å². The number of carbonyl (C=O) groups is 2. The molecule has 1 aliphatic carbocycles. The van der Waals surface area contributed by atoms with E-state index >= 15 is 0 Å². The molecular formula is C17H15BrN2O3. The van der Waals surface area contributed by atoms with E-state index in [1.165, 1.54) is 6.20 Å². The van der Waals surface area contributed by atoms with E-state index in [1.807, 2.05) is 6.07 Å². The van der Waals surface area contributed by atoms with Crippen LogP contribution in [0.4, 0.5) is 0 Å². The standard InChI is InChI=1S/C17H15BrN2O3/c18-13-8-12(9-19-10-13)17(22)23-15(11-4-2-1-3-5-11)16(21)20-14-6-7-14/h1-5,8-10,14-15H,6-7H2,(H,20,21)/t15-/m0/s1. The summed E-state index contributed by atoms with van der Waals surface area (Å²) in [7, 11) is 0. The molecule has 0 saturated heterocycles. The number of benzene rings is 1. The van der Waals surface area contributed by atoms with Crippen LogP contribution < -0.4 is 5.32 Å². The first kappa shape index (κ1) is 15.7. The van der Waals surface area contributed by atoms with E-state index in [2.05, 4.69) is 26.2 Å². The fraction of sp³-hybridized carbons (Fsp3) is 0.235. The lowest BCUT2D eigenvalue weighted by molar-refractivity contribution is -0.130. The quantitative estimate of drug-likeness (QED) is 0.816. The molecule has 0 unspecified atom stereocenters. The average Bonchev–Trinajstić information content (AvgIpc) is 3.37. The van der Waals surface area contributed by atoms with Crippen LogP contribution in [0, 0.1) is 0 Å². The number of carbonyl (C=O) groups excluding carboxylic acids is 2. The molecule has 0 bridgehead atoms. The minimum atomic E-state index is -0.969. The van der Waals surface area contributed by atoms with Crippen LogP contribution in [-0.4, -0.2) is 22.9 Å². The molecule has 0 aliphatic heterocycles. The van der Waals surface area contributed by atoms with E-state index < -0.39 is 12.1 Å². The number of aromatic nitrogens is 1. The molecule has 1 amide bonds. The van der Waals surface area contributed by atoms with Gasteiger partial charge in [0.05, 0.1) is 5.56 Å². The van der Waals surface area contributed by atoms with Gasteiger partial charge in [0.15, 0.2) is 0 Å². The number of ether oxygens (including phenoxy) is 1. The molecule has 1 aromatic heterocycles. The van der Waals surface area contributed by atoms with Gasteiger partial charge in [-0.3, -0.25) is 9.78 Å². The fourth-order valence-corrected chi connectivity index (χ4v) is 2.47. The number of amides is 1. The Balaban J connectivity index is 1.80. The van der Waals surface area contributed by atoms with Crippen molar-refractivity contribution in [2.75, 3.05) is 0 Å². The summed E-state index contributed by atoms with van der Waals surface area (Å²) < 4.78 is 6.13. The van der Waals surface area contributed by atoms with Gasteiger partial charge >= 0.3 is 5.97 Å². The zero-order valence-electron chi connectivity index (χ0n) is 12.2. The van der Waals surface area contributed by atoms with Crippen molar-refractivity contribution in [2.45, 2.75) is 25.0 Å². The summed E-state index contributed by atoms with van der Waals surface area (Å²) in [6.07, 6.45) is 3.95. The Hall–Kier alpha value is -2.21. The van der Waals surface area contributed by atoms with Crippen molar-refractivity contribution in [1.82, 2.24) is 10.3 Å². The van der Waals surface area contributed by atoms with Crippen molar-refractivity contribution in [2.24, 2.45) is 0 Å². The third kappa shape index (κ3) is 4.16. The number of nitrogens with zero attached hydrogens (tertiary/aromatic N) is 1. The molecule has 1 N–H and O–H groups in total. The zero-order chi connectivity index (χ0) is 16.2. The van der Waals surface area contributed by atoms with Crippen molar-refractivity contribution in [3.8, 4) is 0 Å². The smallest absolute Gasteiger partial charge is 0.340 e.